The summed E-state index contributed by atoms with van der Waals surface area (Å²) in [5, 5.41) is 14.8. The minimum atomic E-state index is -1.17. The van der Waals surface area contributed by atoms with E-state index in [1.54, 1.807) is 87.5 Å². The van der Waals surface area contributed by atoms with Crippen LogP contribution in [0.2, 0.25) is 0 Å². The van der Waals surface area contributed by atoms with E-state index in [2.05, 4.69) is 15.6 Å². The first-order chi connectivity index (χ1) is 22.3. The maximum Gasteiger partial charge on any atom is 0.408 e. The van der Waals surface area contributed by atoms with Gasteiger partial charge in [0, 0.05) is 23.9 Å². The van der Waals surface area contributed by atoms with Gasteiger partial charge >= 0.3 is 12.1 Å². The van der Waals surface area contributed by atoms with Crippen molar-refractivity contribution >= 4 is 29.6 Å². The van der Waals surface area contributed by atoms with Crippen LogP contribution in [0.3, 0.4) is 0 Å². The van der Waals surface area contributed by atoms with Gasteiger partial charge < -0.3 is 35.7 Å². The van der Waals surface area contributed by atoms with Crippen molar-refractivity contribution in [2.75, 3.05) is 5.32 Å². The average Bonchev–Trinajstić information content (AvgIpc) is 3.02. The average molecular weight is 641 g/mol. The first kappa shape index (κ1) is 34.0. The molecule has 4 rings (SSSR count). The maximum absolute atomic E-state index is 12.9. The number of nitrogens with two attached hydrogens (primary N) is 1. The molecule has 12 nitrogen and oxygen atoms in total. The third-order valence-corrected chi connectivity index (χ3v) is 6.56. The lowest BCUT2D eigenvalue weighted by atomic mass is 10.1. The number of carbonyl (C=O) groups is 4. The standard InChI is InChI=1S/C35H36N4O8/c1-35(2,3)47-34(44)39-30(33(42)43)16-22-9-13-28(14-10-22)45-20-23-7-11-25(12-8-23)32(41)38-27-6-4-5-24(15-27)21-46-29-17-26(31(36)40)18-37-19-29/h4-15,17-19,30H,16,20-21H2,1-3H3,(H2,36,40)(H,38,41)(H,39,44)(H,42,43). The quantitative estimate of drug-likeness (QED) is 0.154. The van der Waals surface area contributed by atoms with Crippen molar-refractivity contribution < 1.29 is 38.5 Å². The predicted octanol–water partition coefficient (Wildman–Crippen LogP) is 5.11. The fourth-order valence-electron chi connectivity index (χ4n) is 4.27. The highest BCUT2D eigenvalue weighted by atomic mass is 16.6. The Bertz CT molecular complexity index is 1720. The third kappa shape index (κ3) is 10.9. The van der Waals surface area contributed by atoms with Crippen molar-refractivity contribution in [2.45, 2.75) is 52.0 Å². The molecule has 5 N–H and O–H groups in total. The van der Waals surface area contributed by atoms with Crippen molar-refractivity contribution in [3.05, 3.63) is 119 Å². The number of aliphatic carboxylic acids is 1. The molecule has 244 valence electrons. The number of nitrogens with zero attached hydrogens (tertiary/aromatic N) is 1. The minimum absolute atomic E-state index is 0.0705. The Balaban J connectivity index is 1.26. The van der Waals surface area contributed by atoms with Crippen molar-refractivity contribution in [3.8, 4) is 11.5 Å². The topological polar surface area (TPSA) is 179 Å². The summed E-state index contributed by atoms with van der Waals surface area (Å²) in [7, 11) is 0. The number of carbonyl (C=O) groups excluding carboxylic acids is 3. The first-order valence-electron chi connectivity index (χ1n) is 14.7. The van der Waals surface area contributed by atoms with E-state index in [-0.39, 0.29) is 31.1 Å². The van der Waals surface area contributed by atoms with E-state index in [4.69, 9.17) is 19.9 Å². The molecule has 1 heterocycles. The summed E-state index contributed by atoms with van der Waals surface area (Å²) < 4.78 is 16.7. The highest BCUT2D eigenvalue weighted by molar-refractivity contribution is 6.04. The molecule has 3 amide bonds. The zero-order valence-corrected chi connectivity index (χ0v) is 26.2. The molecule has 0 radical (unpaired) electrons. The number of ether oxygens (including phenoxy) is 3. The van der Waals surface area contributed by atoms with Crippen LogP contribution in [-0.4, -0.2) is 45.6 Å². The Labute approximate surface area is 271 Å². The number of aromatic nitrogens is 1. The fourth-order valence-corrected chi connectivity index (χ4v) is 4.27. The van der Waals surface area contributed by atoms with Crippen molar-refractivity contribution in [1.82, 2.24) is 10.3 Å². The smallest absolute Gasteiger partial charge is 0.408 e. The second-order valence-electron chi connectivity index (χ2n) is 11.6. The molecular weight excluding hydrogens is 604 g/mol. The van der Waals surface area contributed by atoms with Crippen LogP contribution in [0, 0.1) is 0 Å². The van der Waals surface area contributed by atoms with E-state index in [0.717, 1.165) is 11.1 Å². The minimum Gasteiger partial charge on any atom is -0.489 e. The molecule has 1 atom stereocenters. The molecule has 0 saturated carbocycles. The Kier molecular flexibility index (Phi) is 11.1. The highest BCUT2D eigenvalue weighted by Gasteiger charge is 2.24. The number of pyridine rings is 1. The molecule has 3 aromatic carbocycles. The highest BCUT2D eigenvalue weighted by Crippen LogP contribution is 2.19. The third-order valence-electron chi connectivity index (χ3n) is 6.56. The van der Waals surface area contributed by atoms with Gasteiger partial charge in [-0.1, -0.05) is 36.4 Å². The second kappa shape index (κ2) is 15.4. The number of carboxylic acid groups (broad SMARTS) is 1. The molecule has 1 unspecified atom stereocenters. The molecule has 47 heavy (non-hydrogen) atoms. The van der Waals surface area contributed by atoms with Gasteiger partial charge in [0.15, 0.2) is 0 Å². The summed E-state index contributed by atoms with van der Waals surface area (Å²) in [5.74, 6) is -1.08. The van der Waals surface area contributed by atoms with Crippen LogP contribution in [-0.2, 0) is 29.2 Å². The SMILES string of the molecule is CC(C)(C)OC(=O)NC(Cc1ccc(OCc2ccc(C(=O)Nc3cccc(COc4cncc(C(N)=O)c4)c3)cc2)cc1)C(=O)O. The molecule has 4 aromatic rings. The summed E-state index contributed by atoms with van der Waals surface area (Å²) >= 11 is 0. The van der Waals surface area contributed by atoms with Crippen LogP contribution in [0.4, 0.5) is 10.5 Å². The molecule has 0 aliphatic heterocycles. The number of hydrogen-bond acceptors (Lipinski definition) is 8. The number of carboxylic acids is 1. The molecule has 12 heteroatoms. The van der Waals surface area contributed by atoms with E-state index in [0.29, 0.717) is 28.3 Å². The lowest BCUT2D eigenvalue weighted by Crippen LogP contribution is -2.44. The number of hydrogen-bond donors (Lipinski definition) is 4. The van der Waals surface area contributed by atoms with Crippen LogP contribution in [0.5, 0.6) is 11.5 Å². The summed E-state index contributed by atoms with van der Waals surface area (Å²) in [4.78, 5) is 51.9. The summed E-state index contributed by atoms with van der Waals surface area (Å²) in [6.07, 6.45) is 2.12. The van der Waals surface area contributed by atoms with Gasteiger partial charge in [-0.3, -0.25) is 14.6 Å². The lowest BCUT2D eigenvalue weighted by molar-refractivity contribution is -0.139. The lowest BCUT2D eigenvalue weighted by Gasteiger charge is -2.22. The monoisotopic (exact) mass is 640 g/mol. The number of primary amides is 1. The Morgan fingerprint density at radius 2 is 1.47 bits per heavy atom. The Morgan fingerprint density at radius 1 is 0.809 bits per heavy atom. The van der Waals surface area contributed by atoms with Gasteiger partial charge in [-0.25, -0.2) is 9.59 Å². The van der Waals surface area contributed by atoms with Gasteiger partial charge in [-0.05, 0) is 79.9 Å². The Hall–Kier alpha value is -5.91. The van der Waals surface area contributed by atoms with E-state index in [1.165, 1.54) is 18.5 Å². The van der Waals surface area contributed by atoms with Gasteiger partial charge in [0.1, 0.15) is 36.4 Å². The molecule has 1 aromatic heterocycles. The number of anilines is 1. The van der Waals surface area contributed by atoms with E-state index >= 15 is 0 Å². The molecule has 0 saturated heterocycles. The van der Waals surface area contributed by atoms with Gasteiger partial charge in [-0.15, -0.1) is 0 Å². The van der Waals surface area contributed by atoms with Crippen LogP contribution >= 0.6 is 0 Å². The predicted molar refractivity (Wildman–Crippen MR) is 173 cm³/mol. The first-order valence-corrected chi connectivity index (χ1v) is 14.7. The molecule has 0 aliphatic carbocycles. The van der Waals surface area contributed by atoms with Gasteiger partial charge in [0.25, 0.3) is 5.91 Å². The van der Waals surface area contributed by atoms with Crippen LogP contribution in [0.15, 0.2) is 91.3 Å². The normalized spacial score (nSPS) is 11.6. The van der Waals surface area contributed by atoms with Crippen molar-refractivity contribution in [2.24, 2.45) is 5.73 Å². The number of benzene rings is 3. The van der Waals surface area contributed by atoms with E-state index < -0.39 is 29.6 Å². The van der Waals surface area contributed by atoms with Crippen LogP contribution < -0.4 is 25.8 Å². The van der Waals surface area contributed by atoms with Gasteiger partial charge in [-0.2, -0.15) is 0 Å². The maximum atomic E-state index is 12.9. The zero-order chi connectivity index (χ0) is 34.0. The number of amides is 3. The van der Waals surface area contributed by atoms with E-state index in [9.17, 15) is 24.3 Å². The van der Waals surface area contributed by atoms with Gasteiger partial charge in [0.2, 0.25) is 5.91 Å². The second-order valence-corrected chi connectivity index (χ2v) is 11.6. The number of alkyl carbamates (subject to hydrolysis) is 1. The summed E-state index contributed by atoms with van der Waals surface area (Å²) in [6.45, 7) is 5.53. The van der Waals surface area contributed by atoms with Crippen molar-refractivity contribution in [1.29, 1.82) is 0 Å². The zero-order valence-electron chi connectivity index (χ0n) is 26.2. The largest absolute Gasteiger partial charge is 0.489 e. The molecule has 0 fully saturated rings. The number of nitrogens with one attached hydrogen (secondary N) is 2. The summed E-state index contributed by atoms with van der Waals surface area (Å²) in [6, 6.07) is 21.5. The summed E-state index contributed by atoms with van der Waals surface area (Å²) in [5.41, 5.74) is 8.17. The Morgan fingerprint density at radius 3 is 2.13 bits per heavy atom. The molecular formula is C35H36N4O8. The van der Waals surface area contributed by atoms with Gasteiger partial charge in [0.05, 0.1) is 11.8 Å². The molecule has 0 bridgehead atoms. The van der Waals surface area contributed by atoms with Crippen LogP contribution in [0.25, 0.3) is 0 Å². The molecule has 0 spiro atoms. The molecule has 0 aliphatic rings. The van der Waals surface area contributed by atoms with Crippen LogP contribution in [0.1, 0.15) is 58.2 Å². The van der Waals surface area contributed by atoms with E-state index in [1.807, 2.05) is 6.07 Å². The fraction of sp³-hybridized carbons (Fsp3) is 0.229. The number of rotatable bonds is 13. The van der Waals surface area contributed by atoms with Crippen molar-refractivity contribution in [3.63, 3.8) is 0 Å².